The SMILES string of the molecule is N#Cc1c(NC(=O)C(=O)NN=Cc2c(Cl)cccc2Cl)sc2c1CCCC2. The first-order chi connectivity index (χ1) is 13.0. The summed E-state index contributed by atoms with van der Waals surface area (Å²) >= 11 is 13.4. The van der Waals surface area contributed by atoms with Gasteiger partial charge in [0.05, 0.1) is 21.8 Å². The maximum absolute atomic E-state index is 12.1. The Labute approximate surface area is 169 Å². The van der Waals surface area contributed by atoms with Crippen LogP contribution in [-0.2, 0) is 22.4 Å². The molecule has 0 bridgehead atoms. The zero-order valence-corrected chi connectivity index (χ0v) is 16.3. The molecule has 0 radical (unpaired) electrons. The van der Waals surface area contributed by atoms with Crippen LogP contribution in [0.5, 0.6) is 0 Å². The lowest BCUT2D eigenvalue weighted by Gasteiger charge is -2.09. The Morgan fingerprint density at radius 3 is 2.59 bits per heavy atom. The Bertz CT molecular complexity index is 958. The average Bonchev–Trinajstić information content (AvgIpc) is 3.00. The van der Waals surface area contributed by atoms with Crippen LogP contribution in [0, 0.1) is 11.3 Å². The van der Waals surface area contributed by atoms with Gasteiger partial charge in [0.1, 0.15) is 11.1 Å². The normalized spacial score (nSPS) is 13.1. The molecule has 3 rings (SSSR count). The summed E-state index contributed by atoms with van der Waals surface area (Å²) in [6.45, 7) is 0. The van der Waals surface area contributed by atoms with Gasteiger partial charge in [-0.15, -0.1) is 11.3 Å². The Hall–Kier alpha value is -2.40. The number of aryl methyl sites for hydroxylation is 1. The number of halogens is 2. The molecule has 1 aliphatic carbocycles. The Morgan fingerprint density at radius 1 is 1.19 bits per heavy atom. The third kappa shape index (κ3) is 4.30. The lowest BCUT2D eigenvalue weighted by Crippen LogP contribution is -2.32. The van der Waals surface area contributed by atoms with Crippen molar-refractivity contribution in [3.8, 4) is 6.07 Å². The van der Waals surface area contributed by atoms with Crippen molar-refractivity contribution < 1.29 is 9.59 Å². The minimum absolute atomic E-state index is 0.368. The fraction of sp³-hybridized carbons (Fsp3) is 0.222. The van der Waals surface area contributed by atoms with E-state index in [0.717, 1.165) is 36.1 Å². The minimum atomic E-state index is -0.954. The quantitative estimate of drug-likeness (QED) is 0.447. The van der Waals surface area contributed by atoms with Gasteiger partial charge < -0.3 is 5.32 Å². The van der Waals surface area contributed by atoms with Gasteiger partial charge >= 0.3 is 11.8 Å². The third-order valence-corrected chi connectivity index (χ3v) is 5.94. The summed E-state index contributed by atoms with van der Waals surface area (Å²) in [5.74, 6) is -1.85. The summed E-state index contributed by atoms with van der Waals surface area (Å²) in [5.41, 5.74) is 3.99. The number of carbonyl (C=O) groups is 2. The molecule has 0 fully saturated rings. The van der Waals surface area contributed by atoms with E-state index in [9.17, 15) is 14.9 Å². The number of hydrazone groups is 1. The predicted octanol–water partition coefficient (Wildman–Crippen LogP) is 3.89. The molecule has 9 heteroatoms. The zero-order valence-electron chi connectivity index (χ0n) is 14.0. The first-order valence-corrected chi connectivity index (χ1v) is 9.71. The highest BCUT2D eigenvalue weighted by molar-refractivity contribution is 7.16. The summed E-state index contributed by atoms with van der Waals surface area (Å²) in [7, 11) is 0. The van der Waals surface area contributed by atoms with E-state index in [-0.39, 0.29) is 0 Å². The Morgan fingerprint density at radius 2 is 1.89 bits per heavy atom. The molecule has 27 heavy (non-hydrogen) atoms. The van der Waals surface area contributed by atoms with Crippen LogP contribution in [-0.4, -0.2) is 18.0 Å². The molecular weight excluding hydrogens is 407 g/mol. The van der Waals surface area contributed by atoms with Crippen molar-refractivity contribution in [3.63, 3.8) is 0 Å². The van der Waals surface area contributed by atoms with E-state index in [1.165, 1.54) is 17.6 Å². The van der Waals surface area contributed by atoms with E-state index in [4.69, 9.17) is 23.2 Å². The number of amides is 2. The second-order valence-electron chi connectivity index (χ2n) is 5.82. The van der Waals surface area contributed by atoms with Gasteiger partial charge in [-0.05, 0) is 43.4 Å². The molecule has 0 aliphatic heterocycles. The number of nitrogens with one attached hydrogen (secondary N) is 2. The summed E-state index contributed by atoms with van der Waals surface area (Å²) in [4.78, 5) is 25.2. The number of hydrogen-bond donors (Lipinski definition) is 2. The van der Waals surface area contributed by atoms with Gasteiger partial charge in [0, 0.05) is 10.4 Å². The highest BCUT2D eigenvalue weighted by Gasteiger charge is 2.23. The molecule has 1 aromatic heterocycles. The van der Waals surface area contributed by atoms with E-state index >= 15 is 0 Å². The first kappa shape index (κ1) is 19.4. The molecule has 0 saturated heterocycles. The van der Waals surface area contributed by atoms with E-state index in [1.807, 2.05) is 0 Å². The van der Waals surface area contributed by atoms with Crippen LogP contribution < -0.4 is 10.7 Å². The van der Waals surface area contributed by atoms with Crippen LogP contribution >= 0.6 is 34.5 Å². The van der Waals surface area contributed by atoms with Gasteiger partial charge in [-0.2, -0.15) is 10.4 Å². The van der Waals surface area contributed by atoms with Gasteiger partial charge in [-0.1, -0.05) is 29.3 Å². The van der Waals surface area contributed by atoms with Crippen molar-refractivity contribution in [1.82, 2.24) is 5.43 Å². The first-order valence-electron chi connectivity index (χ1n) is 8.14. The fourth-order valence-corrected chi connectivity index (χ4v) is 4.50. The van der Waals surface area contributed by atoms with E-state index in [0.29, 0.717) is 26.2 Å². The molecule has 6 nitrogen and oxygen atoms in total. The number of anilines is 1. The second-order valence-corrected chi connectivity index (χ2v) is 7.73. The molecule has 1 aliphatic rings. The lowest BCUT2D eigenvalue weighted by molar-refractivity contribution is -0.136. The van der Waals surface area contributed by atoms with Crippen LogP contribution in [0.1, 0.15) is 34.4 Å². The van der Waals surface area contributed by atoms with Crippen molar-refractivity contribution >= 4 is 57.6 Å². The fourth-order valence-electron chi connectivity index (χ4n) is 2.77. The van der Waals surface area contributed by atoms with Crippen molar-refractivity contribution in [2.24, 2.45) is 5.10 Å². The van der Waals surface area contributed by atoms with Gasteiger partial charge in [0.15, 0.2) is 0 Å². The Balaban J connectivity index is 1.67. The Kier molecular flexibility index (Phi) is 6.11. The van der Waals surface area contributed by atoms with Crippen LogP contribution in [0.3, 0.4) is 0 Å². The van der Waals surface area contributed by atoms with Crippen LogP contribution in [0.25, 0.3) is 0 Å². The topological polar surface area (TPSA) is 94.4 Å². The van der Waals surface area contributed by atoms with Crippen LogP contribution in [0.2, 0.25) is 10.0 Å². The molecule has 138 valence electrons. The lowest BCUT2D eigenvalue weighted by atomic mass is 9.96. The van der Waals surface area contributed by atoms with Gasteiger partial charge in [-0.3, -0.25) is 9.59 Å². The van der Waals surface area contributed by atoms with Crippen LogP contribution in [0.4, 0.5) is 5.00 Å². The smallest absolute Gasteiger partial charge is 0.308 e. The minimum Gasteiger partial charge on any atom is -0.308 e. The highest BCUT2D eigenvalue weighted by Crippen LogP contribution is 2.37. The molecule has 0 saturated carbocycles. The van der Waals surface area contributed by atoms with Gasteiger partial charge in [0.2, 0.25) is 0 Å². The molecular formula is C18H14Cl2N4O2S. The molecule has 0 atom stereocenters. The van der Waals surface area contributed by atoms with Gasteiger partial charge in [0.25, 0.3) is 0 Å². The number of nitriles is 1. The molecule has 0 unspecified atom stereocenters. The van der Waals surface area contributed by atoms with Crippen molar-refractivity contribution in [3.05, 3.63) is 49.8 Å². The molecule has 1 heterocycles. The number of benzene rings is 1. The summed E-state index contributed by atoms with van der Waals surface area (Å²) in [6.07, 6.45) is 5.05. The average molecular weight is 421 g/mol. The van der Waals surface area contributed by atoms with E-state index in [2.05, 4.69) is 21.9 Å². The number of carbonyl (C=O) groups excluding carboxylic acids is 2. The van der Waals surface area contributed by atoms with Crippen molar-refractivity contribution in [1.29, 1.82) is 5.26 Å². The second kappa shape index (κ2) is 8.53. The molecule has 2 amide bonds. The molecule has 2 N–H and O–H groups in total. The van der Waals surface area contributed by atoms with E-state index in [1.54, 1.807) is 18.2 Å². The van der Waals surface area contributed by atoms with E-state index < -0.39 is 11.8 Å². The summed E-state index contributed by atoms with van der Waals surface area (Å²) in [5, 5.41) is 16.8. The molecule has 1 aromatic carbocycles. The number of thiophene rings is 1. The number of fused-ring (bicyclic) bond motifs is 1. The zero-order chi connectivity index (χ0) is 19.4. The number of nitrogens with zero attached hydrogens (tertiary/aromatic N) is 2. The maximum Gasteiger partial charge on any atom is 0.329 e. The molecule has 0 spiro atoms. The monoisotopic (exact) mass is 420 g/mol. The van der Waals surface area contributed by atoms with Crippen molar-refractivity contribution in [2.45, 2.75) is 25.7 Å². The van der Waals surface area contributed by atoms with Crippen LogP contribution in [0.15, 0.2) is 23.3 Å². The predicted molar refractivity (Wildman–Crippen MR) is 107 cm³/mol. The molecule has 2 aromatic rings. The van der Waals surface area contributed by atoms with Crippen molar-refractivity contribution in [2.75, 3.05) is 5.32 Å². The number of hydrogen-bond acceptors (Lipinski definition) is 5. The van der Waals surface area contributed by atoms with Gasteiger partial charge in [-0.25, -0.2) is 5.43 Å². The third-order valence-electron chi connectivity index (χ3n) is 4.08. The summed E-state index contributed by atoms with van der Waals surface area (Å²) < 4.78 is 0. The summed E-state index contributed by atoms with van der Waals surface area (Å²) in [6, 6.07) is 7.07. The number of rotatable bonds is 3. The maximum atomic E-state index is 12.1. The highest BCUT2D eigenvalue weighted by atomic mass is 35.5. The largest absolute Gasteiger partial charge is 0.329 e. The standard InChI is InChI=1S/C18H14Cl2N4O2S/c19-13-5-3-6-14(20)12(13)9-22-24-17(26)16(25)23-18-11(8-21)10-4-1-2-7-15(10)27-18/h3,5-6,9H,1-2,4,7H2,(H,23,25)(H,24,26).